The second kappa shape index (κ2) is 6.41. The molecule has 0 heterocycles. The molecule has 0 unspecified atom stereocenters. The molecule has 1 aromatic rings. The fraction of sp³-hybridized carbons (Fsp3) is 0.467. The lowest BCUT2D eigenvalue weighted by molar-refractivity contribution is -0.121. The molecule has 1 aromatic carbocycles. The summed E-state index contributed by atoms with van der Waals surface area (Å²) in [6.45, 7) is 7.51. The summed E-state index contributed by atoms with van der Waals surface area (Å²) in [5.41, 5.74) is 1.11. The average molecular weight is 278 g/mol. The van der Waals surface area contributed by atoms with Gasteiger partial charge in [-0.2, -0.15) is 0 Å². The number of methoxy groups -OCH3 is 1. The van der Waals surface area contributed by atoms with Crippen LogP contribution < -0.4 is 15.4 Å². The molecule has 0 aliphatic carbocycles. The second-order valence-corrected chi connectivity index (χ2v) is 5.67. The van der Waals surface area contributed by atoms with E-state index in [0.717, 1.165) is 5.56 Å². The Morgan fingerprint density at radius 1 is 1.25 bits per heavy atom. The summed E-state index contributed by atoms with van der Waals surface area (Å²) in [5.74, 6) is 0.133. The number of aryl methyl sites for hydroxylation is 1. The lowest BCUT2D eigenvalue weighted by atomic mass is 10.1. The number of nitrogens with one attached hydrogen (secondary N) is 2. The van der Waals surface area contributed by atoms with Crippen molar-refractivity contribution in [3.05, 3.63) is 29.3 Å². The van der Waals surface area contributed by atoms with E-state index in [0.29, 0.717) is 11.3 Å². The van der Waals surface area contributed by atoms with Gasteiger partial charge in [-0.3, -0.25) is 9.59 Å². The fourth-order valence-corrected chi connectivity index (χ4v) is 1.69. The van der Waals surface area contributed by atoms with E-state index in [4.69, 9.17) is 4.74 Å². The van der Waals surface area contributed by atoms with Gasteiger partial charge in [-0.1, -0.05) is 6.07 Å². The third-order valence-electron chi connectivity index (χ3n) is 2.59. The first-order chi connectivity index (χ1) is 9.23. The Kier molecular flexibility index (Phi) is 5.13. The molecule has 0 bridgehead atoms. The van der Waals surface area contributed by atoms with Gasteiger partial charge in [-0.05, 0) is 45.4 Å². The zero-order valence-electron chi connectivity index (χ0n) is 12.7. The summed E-state index contributed by atoms with van der Waals surface area (Å²) < 4.78 is 5.17. The predicted molar refractivity (Wildman–Crippen MR) is 78.0 cm³/mol. The van der Waals surface area contributed by atoms with Crippen molar-refractivity contribution in [2.45, 2.75) is 33.2 Å². The molecule has 0 fully saturated rings. The van der Waals surface area contributed by atoms with Crippen molar-refractivity contribution in [1.82, 2.24) is 10.6 Å². The molecular formula is C15H22N2O3. The van der Waals surface area contributed by atoms with Crippen LogP contribution in [0.25, 0.3) is 0 Å². The average Bonchev–Trinajstić information content (AvgIpc) is 2.34. The van der Waals surface area contributed by atoms with Gasteiger partial charge in [0.25, 0.3) is 5.91 Å². The molecule has 0 saturated heterocycles. The Balaban J connectivity index is 2.61. The van der Waals surface area contributed by atoms with Crippen LogP contribution in [-0.2, 0) is 4.79 Å². The summed E-state index contributed by atoms with van der Waals surface area (Å²) in [6.07, 6.45) is 0. The summed E-state index contributed by atoms with van der Waals surface area (Å²) >= 11 is 0. The maximum Gasteiger partial charge on any atom is 0.251 e. The minimum atomic E-state index is -0.311. The number of carbonyl (C=O) groups is 2. The van der Waals surface area contributed by atoms with Crippen molar-refractivity contribution < 1.29 is 14.3 Å². The van der Waals surface area contributed by atoms with Gasteiger partial charge in [-0.15, -0.1) is 0 Å². The Labute approximate surface area is 119 Å². The summed E-state index contributed by atoms with van der Waals surface area (Å²) in [4.78, 5) is 23.6. The van der Waals surface area contributed by atoms with Gasteiger partial charge in [0.05, 0.1) is 13.7 Å². The molecule has 2 amide bonds. The standard InChI is InChI=1S/C15H22N2O3/c1-10-6-7-11(8-12(10)20-5)14(19)16-9-13(18)17-15(2,3)4/h6-8H,9H2,1-5H3,(H,16,19)(H,17,18). The van der Waals surface area contributed by atoms with Crippen LogP contribution in [0.15, 0.2) is 18.2 Å². The van der Waals surface area contributed by atoms with Crippen molar-refractivity contribution >= 4 is 11.8 Å². The van der Waals surface area contributed by atoms with E-state index < -0.39 is 0 Å². The summed E-state index contributed by atoms with van der Waals surface area (Å²) in [7, 11) is 1.56. The third-order valence-corrected chi connectivity index (χ3v) is 2.59. The van der Waals surface area contributed by atoms with Gasteiger partial charge in [0.1, 0.15) is 5.75 Å². The number of hydrogen-bond donors (Lipinski definition) is 2. The van der Waals surface area contributed by atoms with Crippen molar-refractivity contribution in [2.75, 3.05) is 13.7 Å². The SMILES string of the molecule is COc1cc(C(=O)NCC(=O)NC(C)(C)C)ccc1C. The zero-order chi connectivity index (χ0) is 15.3. The van der Waals surface area contributed by atoms with Crippen LogP contribution in [0.2, 0.25) is 0 Å². The van der Waals surface area contributed by atoms with Crippen LogP contribution in [0.1, 0.15) is 36.7 Å². The Morgan fingerprint density at radius 2 is 1.90 bits per heavy atom. The van der Waals surface area contributed by atoms with Crippen LogP contribution in [0.4, 0.5) is 0 Å². The smallest absolute Gasteiger partial charge is 0.251 e. The number of benzene rings is 1. The molecule has 20 heavy (non-hydrogen) atoms. The van der Waals surface area contributed by atoms with Crippen molar-refractivity contribution in [3.63, 3.8) is 0 Å². The molecule has 0 atom stereocenters. The summed E-state index contributed by atoms with van der Waals surface area (Å²) in [6, 6.07) is 5.17. The highest BCUT2D eigenvalue weighted by molar-refractivity contribution is 5.96. The van der Waals surface area contributed by atoms with Gasteiger partial charge in [0.15, 0.2) is 0 Å². The minimum absolute atomic E-state index is 0.0493. The molecule has 1 rings (SSSR count). The largest absolute Gasteiger partial charge is 0.496 e. The van der Waals surface area contributed by atoms with E-state index >= 15 is 0 Å². The zero-order valence-corrected chi connectivity index (χ0v) is 12.7. The van der Waals surface area contributed by atoms with Gasteiger partial charge >= 0.3 is 0 Å². The van der Waals surface area contributed by atoms with E-state index in [-0.39, 0.29) is 23.9 Å². The fourth-order valence-electron chi connectivity index (χ4n) is 1.69. The number of hydrogen-bond acceptors (Lipinski definition) is 3. The molecular weight excluding hydrogens is 256 g/mol. The van der Waals surface area contributed by atoms with Crippen molar-refractivity contribution in [3.8, 4) is 5.75 Å². The normalized spacial score (nSPS) is 10.8. The molecule has 110 valence electrons. The highest BCUT2D eigenvalue weighted by Gasteiger charge is 2.15. The first kappa shape index (κ1) is 16.0. The van der Waals surface area contributed by atoms with Crippen LogP contribution in [0, 0.1) is 6.92 Å². The van der Waals surface area contributed by atoms with E-state index in [9.17, 15) is 9.59 Å². The molecule has 5 nitrogen and oxygen atoms in total. The molecule has 5 heteroatoms. The van der Waals surface area contributed by atoms with Gasteiger partial charge in [-0.25, -0.2) is 0 Å². The van der Waals surface area contributed by atoms with Crippen molar-refractivity contribution in [1.29, 1.82) is 0 Å². The van der Waals surface area contributed by atoms with Gasteiger partial charge in [0, 0.05) is 11.1 Å². The maximum atomic E-state index is 11.9. The lowest BCUT2D eigenvalue weighted by Crippen LogP contribution is -2.45. The Hall–Kier alpha value is -2.04. The first-order valence-corrected chi connectivity index (χ1v) is 6.47. The minimum Gasteiger partial charge on any atom is -0.496 e. The first-order valence-electron chi connectivity index (χ1n) is 6.47. The van der Waals surface area contributed by atoms with Gasteiger partial charge < -0.3 is 15.4 Å². The van der Waals surface area contributed by atoms with Crippen LogP contribution in [0.3, 0.4) is 0 Å². The molecule has 0 radical (unpaired) electrons. The predicted octanol–water partition coefficient (Wildman–Crippen LogP) is 1.65. The molecule has 0 aliphatic heterocycles. The Morgan fingerprint density at radius 3 is 2.45 bits per heavy atom. The monoisotopic (exact) mass is 278 g/mol. The quantitative estimate of drug-likeness (QED) is 0.880. The Bertz CT molecular complexity index is 504. The number of rotatable bonds is 4. The molecule has 0 saturated carbocycles. The molecule has 0 aliphatic rings. The highest BCUT2D eigenvalue weighted by atomic mass is 16.5. The van der Waals surface area contributed by atoms with Gasteiger partial charge in [0.2, 0.25) is 5.91 Å². The van der Waals surface area contributed by atoms with Crippen molar-refractivity contribution in [2.24, 2.45) is 0 Å². The third kappa shape index (κ3) is 4.91. The second-order valence-electron chi connectivity index (χ2n) is 5.67. The number of amides is 2. The van der Waals surface area contributed by atoms with E-state index in [1.807, 2.05) is 33.8 Å². The molecule has 0 aromatic heterocycles. The van der Waals surface area contributed by atoms with Crippen LogP contribution in [0.5, 0.6) is 5.75 Å². The number of ether oxygens (including phenoxy) is 1. The maximum absolute atomic E-state index is 11.9. The molecule has 0 spiro atoms. The van der Waals surface area contributed by atoms with E-state index in [1.165, 1.54) is 0 Å². The summed E-state index contributed by atoms with van der Waals surface area (Å²) in [5, 5.41) is 5.36. The van der Waals surface area contributed by atoms with E-state index in [1.54, 1.807) is 19.2 Å². The number of carbonyl (C=O) groups excluding carboxylic acids is 2. The topological polar surface area (TPSA) is 67.4 Å². The lowest BCUT2D eigenvalue weighted by Gasteiger charge is -2.20. The highest BCUT2D eigenvalue weighted by Crippen LogP contribution is 2.18. The van der Waals surface area contributed by atoms with Crippen LogP contribution >= 0.6 is 0 Å². The molecule has 2 N–H and O–H groups in total. The van der Waals surface area contributed by atoms with E-state index in [2.05, 4.69) is 10.6 Å². The van der Waals surface area contributed by atoms with Crippen LogP contribution in [-0.4, -0.2) is 31.0 Å².